The summed E-state index contributed by atoms with van der Waals surface area (Å²) >= 11 is 0. The number of aromatic nitrogens is 1. The Kier molecular flexibility index (Phi) is 2.87. The van der Waals surface area contributed by atoms with E-state index in [0.717, 1.165) is 12.2 Å². The maximum absolute atomic E-state index is 9.66. The minimum absolute atomic E-state index is 0.129. The summed E-state index contributed by atoms with van der Waals surface area (Å²) in [6.07, 6.45) is 0.483. The van der Waals surface area contributed by atoms with Crippen LogP contribution < -0.4 is 15.8 Å². The third kappa shape index (κ3) is 2.02. The first-order valence-corrected chi connectivity index (χ1v) is 5.70. The normalized spacial score (nSPS) is 26.1. The van der Waals surface area contributed by atoms with Gasteiger partial charge in [-0.25, -0.2) is 0 Å². The molecule has 2 atom stereocenters. The molecule has 1 saturated carbocycles. The zero-order valence-electron chi connectivity index (χ0n) is 10.4. The van der Waals surface area contributed by atoms with Gasteiger partial charge in [0.15, 0.2) is 0 Å². The Hall–Kier alpha value is -1.49. The van der Waals surface area contributed by atoms with Crippen molar-refractivity contribution in [1.82, 2.24) is 4.98 Å². The summed E-state index contributed by atoms with van der Waals surface area (Å²) in [5.41, 5.74) is 6.09. The third-order valence-electron chi connectivity index (χ3n) is 3.62. The van der Waals surface area contributed by atoms with E-state index in [0.29, 0.717) is 11.6 Å². The SMILES string of the molecule is COc1nc(NC2CC(O)C2(C)C)ccc1N. The predicted octanol–water partition coefficient (Wildman–Crippen LogP) is 1.24. The number of nitrogens with zero attached hydrogens (tertiary/aromatic N) is 1. The van der Waals surface area contributed by atoms with E-state index in [9.17, 15) is 5.11 Å². The van der Waals surface area contributed by atoms with Gasteiger partial charge in [0, 0.05) is 11.5 Å². The molecule has 5 nitrogen and oxygen atoms in total. The molecule has 17 heavy (non-hydrogen) atoms. The quantitative estimate of drug-likeness (QED) is 0.737. The van der Waals surface area contributed by atoms with E-state index in [1.165, 1.54) is 0 Å². The summed E-state index contributed by atoms with van der Waals surface area (Å²) in [6, 6.07) is 3.80. The van der Waals surface area contributed by atoms with Crippen molar-refractivity contribution < 1.29 is 9.84 Å². The molecule has 94 valence electrons. The van der Waals surface area contributed by atoms with Crippen LogP contribution in [0.25, 0.3) is 0 Å². The smallest absolute Gasteiger partial charge is 0.238 e. The number of aliphatic hydroxyl groups excluding tert-OH is 1. The fraction of sp³-hybridized carbons (Fsp3) is 0.583. The number of nitrogens with one attached hydrogen (secondary N) is 1. The summed E-state index contributed by atoms with van der Waals surface area (Å²) in [5.74, 6) is 1.15. The molecule has 4 N–H and O–H groups in total. The summed E-state index contributed by atoms with van der Waals surface area (Å²) < 4.78 is 5.07. The molecule has 0 aromatic carbocycles. The average molecular weight is 237 g/mol. The van der Waals surface area contributed by atoms with Gasteiger partial charge in [-0.05, 0) is 18.6 Å². The van der Waals surface area contributed by atoms with Gasteiger partial charge in [-0.15, -0.1) is 0 Å². The number of nitrogens with two attached hydrogens (primary N) is 1. The first-order chi connectivity index (χ1) is 7.95. The van der Waals surface area contributed by atoms with Crippen molar-refractivity contribution in [3.8, 4) is 5.88 Å². The van der Waals surface area contributed by atoms with E-state index in [1.807, 2.05) is 19.9 Å². The number of anilines is 2. The summed E-state index contributed by atoms with van der Waals surface area (Å²) in [6.45, 7) is 4.07. The van der Waals surface area contributed by atoms with Crippen LogP contribution in [0.5, 0.6) is 5.88 Å². The number of pyridine rings is 1. The Bertz CT molecular complexity index is 420. The number of rotatable bonds is 3. The number of aliphatic hydroxyl groups is 1. The number of methoxy groups -OCH3 is 1. The highest BCUT2D eigenvalue weighted by molar-refractivity contribution is 5.54. The van der Waals surface area contributed by atoms with Crippen LogP contribution in [0.4, 0.5) is 11.5 Å². The molecular weight excluding hydrogens is 218 g/mol. The van der Waals surface area contributed by atoms with Gasteiger partial charge in [0.05, 0.1) is 18.9 Å². The van der Waals surface area contributed by atoms with E-state index in [2.05, 4.69) is 10.3 Å². The van der Waals surface area contributed by atoms with Crippen molar-refractivity contribution in [3.63, 3.8) is 0 Å². The molecule has 0 aliphatic heterocycles. The van der Waals surface area contributed by atoms with Crippen molar-refractivity contribution in [2.24, 2.45) is 5.41 Å². The maximum Gasteiger partial charge on any atom is 0.238 e. The second kappa shape index (κ2) is 4.07. The number of hydrogen-bond acceptors (Lipinski definition) is 5. The number of nitrogen functional groups attached to an aromatic ring is 1. The van der Waals surface area contributed by atoms with Crippen LogP contribution >= 0.6 is 0 Å². The summed E-state index contributed by atoms with van der Waals surface area (Å²) in [4.78, 5) is 4.26. The van der Waals surface area contributed by atoms with E-state index >= 15 is 0 Å². The van der Waals surface area contributed by atoms with Crippen molar-refractivity contribution in [2.75, 3.05) is 18.2 Å². The Labute approximate surface area is 101 Å². The van der Waals surface area contributed by atoms with Crippen LogP contribution in [0, 0.1) is 5.41 Å². The molecule has 1 aromatic rings. The molecule has 2 unspecified atom stereocenters. The molecule has 1 aromatic heterocycles. The maximum atomic E-state index is 9.66. The molecule has 0 bridgehead atoms. The first kappa shape index (κ1) is 12.0. The van der Waals surface area contributed by atoms with Gasteiger partial charge < -0.3 is 20.9 Å². The highest BCUT2D eigenvalue weighted by atomic mass is 16.5. The minimum atomic E-state index is -0.254. The third-order valence-corrected chi connectivity index (χ3v) is 3.62. The summed E-state index contributed by atoms with van der Waals surface area (Å²) in [5, 5.41) is 13.0. The molecule has 1 aliphatic carbocycles. The second-order valence-electron chi connectivity index (χ2n) is 5.06. The lowest BCUT2D eigenvalue weighted by Gasteiger charge is -2.49. The predicted molar refractivity (Wildman–Crippen MR) is 67.0 cm³/mol. The van der Waals surface area contributed by atoms with E-state index in [-0.39, 0.29) is 17.6 Å². The Morgan fingerprint density at radius 1 is 1.53 bits per heavy atom. The van der Waals surface area contributed by atoms with Gasteiger partial charge in [-0.2, -0.15) is 4.98 Å². The van der Waals surface area contributed by atoms with Gasteiger partial charge in [0.2, 0.25) is 5.88 Å². The van der Waals surface area contributed by atoms with Crippen LogP contribution in [-0.4, -0.2) is 29.3 Å². The van der Waals surface area contributed by atoms with Gasteiger partial charge in [0.1, 0.15) is 5.82 Å². The molecule has 0 spiro atoms. The van der Waals surface area contributed by atoms with Gasteiger partial charge >= 0.3 is 0 Å². The Balaban J connectivity index is 2.10. The Morgan fingerprint density at radius 3 is 2.76 bits per heavy atom. The van der Waals surface area contributed by atoms with Crippen LogP contribution in [0.15, 0.2) is 12.1 Å². The fourth-order valence-corrected chi connectivity index (χ4v) is 2.02. The molecule has 2 rings (SSSR count). The van der Waals surface area contributed by atoms with Crippen molar-refractivity contribution in [2.45, 2.75) is 32.4 Å². The van der Waals surface area contributed by atoms with Gasteiger partial charge in [-0.1, -0.05) is 13.8 Å². The zero-order chi connectivity index (χ0) is 12.6. The van der Waals surface area contributed by atoms with Crippen LogP contribution in [0.1, 0.15) is 20.3 Å². The van der Waals surface area contributed by atoms with E-state index in [4.69, 9.17) is 10.5 Å². The number of ether oxygens (including phenoxy) is 1. The zero-order valence-corrected chi connectivity index (χ0v) is 10.4. The molecular formula is C12H19N3O2. The standard InChI is InChI=1S/C12H19N3O2/c1-12(2)8(6-9(12)16)14-10-5-4-7(13)11(15-10)17-3/h4-5,8-9,16H,6,13H2,1-3H3,(H,14,15). The molecule has 5 heteroatoms. The van der Waals surface area contributed by atoms with Crippen molar-refractivity contribution in [3.05, 3.63) is 12.1 Å². The van der Waals surface area contributed by atoms with Gasteiger partial charge in [-0.3, -0.25) is 0 Å². The van der Waals surface area contributed by atoms with Crippen molar-refractivity contribution in [1.29, 1.82) is 0 Å². The molecule has 1 fully saturated rings. The first-order valence-electron chi connectivity index (χ1n) is 5.70. The van der Waals surface area contributed by atoms with E-state index in [1.54, 1.807) is 13.2 Å². The minimum Gasteiger partial charge on any atom is -0.479 e. The topological polar surface area (TPSA) is 80.4 Å². The van der Waals surface area contributed by atoms with E-state index < -0.39 is 0 Å². The molecule has 0 amide bonds. The Morgan fingerprint density at radius 2 is 2.24 bits per heavy atom. The van der Waals surface area contributed by atoms with Crippen LogP contribution in [0.3, 0.4) is 0 Å². The molecule has 0 radical (unpaired) electrons. The monoisotopic (exact) mass is 237 g/mol. The molecule has 1 aliphatic rings. The second-order valence-corrected chi connectivity index (χ2v) is 5.06. The van der Waals surface area contributed by atoms with Gasteiger partial charge in [0.25, 0.3) is 0 Å². The highest BCUT2D eigenvalue weighted by Crippen LogP contribution is 2.42. The van der Waals surface area contributed by atoms with Crippen LogP contribution in [0.2, 0.25) is 0 Å². The molecule has 0 saturated heterocycles. The van der Waals surface area contributed by atoms with Crippen molar-refractivity contribution >= 4 is 11.5 Å². The lowest BCUT2D eigenvalue weighted by molar-refractivity contribution is -0.0511. The lowest BCUT2D eigenvalue weighted by atomic mass is 9.64. The number of hydrogen-bond donors (Lipinski definition) is 3. The molecule has 1 heterocycles. The van der Waals surface area contributed by atoms with Crippen LogP contribution in [-0.2, 0) is 0 Å². The fourth-order valence-electron chi connectivity index (χ4n) is 2.02. The largest absolute Gasteiger partial charge is 0.479 e. The lowest BCUT2D eigenvalue weighted by Crippen LogP contribution is -2.57. The average Bonchev–Trinajstić information content (AvgIpc) is 2.31. The summed E-state index contributed by atoms with van der Waals surface area (Å²) in [7, 11) is 1.54. The highest BCUT2D eigenvalue weighted by Gasteiger charge is 2.47.